The van der Waals surface area contributed by atoms with E-state index in [0.717, 1.165) is 5.56 Å². The number of benzene rings is 2. The van der Waals surface area contributed by atoms with Crippen molar-refractivity contribution in [3.05, 3.63) is 81.7 Å². The number of piperidine rings is 1. The molecule has 176 valence electrons. The number of carbonyl (C=O) groups excluding carboxylic acids is 1. The first-order chi connectivity index (χ1) is 17.0. The van der Waals surface area contributed by atoms with Crippen LogP contribution in [0.25, 0.3) is 11.2 Å². The molecule has 2 N–H and O–H groups in total. The largest absolute Gasteiger partial charge is 0.324 e. The summed E-state index contributed by atoms with van der Waals surface area (Å²) in [6, 6.07) is 14.6. The summed E-state index contributed by atoms with van der Waals surface area (Å²) in [6.07, 6.45) is 1.25. The van der Waals surface area contributed by atoms with Crippen molar-refractivity contribution in [1.82, 2.24) is 29.9 Å². The molecule has 2 amide bonds. The normalized spacial score (nSPS) is 14.1. The minimum absolute atomic E-state index is 0.0350. The molecular weight excluding hydrogens is 451 g/mol. The van der Waals surface area contributed by atoms with Crippen molar-refractivity contribution in [2.75, 3.05) is 18.4 Å². The van der Waals surface area contributed by atoms with Gasteiger partial charge in [0.15, 0.2) is 11.2 Å². The van der Waals surface area contributed by atoms with Gasteiger partial charge in [0.2, 0.25) is 0 Å². The number of H-pyrrole nitrogens is 1. The van der Waals surface area contributed by atoms with Crippen LogP contribution < -0.4 is 10.9 Å². The molecule has 3 heterocycles. The smallest absolute Gasteiger partial charge is 0.321 e. The Hall–Kier alpha value is -4.59. The van der Waals surface area contributed by atoms with Crippen LogP contribution in [0.15, 0.2) is 53.3 Å². The molecule has 0 saturated carbocycles. The van der Waals surface area contributed by atoms with Crippen LogP contribution in [-0.4, -0.2) is 49.0 Å². The van der Waals surface area contributed by atoms with E-state index in [1.54, 1.807) is 41.3 Å². The predicted octanol–water partition coefficient (Wildman–Crippen LogP) is 2.99. The molecule has 0 spiro atoms. The number of hydrogen-bond acceptors (Lipinski definition) is 6. The highest BCUT2D eigenvalue weighted by atomic mass is 19.1. The van der Waals surface area contributed by atoms with Crippen molar-refractivity contribution >= 4 is 22.9 Å². The van der Waals surface area contributed by atoms with E-state index in [4.69, 9.17) is 5.26 Å². The molecule has 0 bridgehead atoms. The molecule has 5 rings (SSSR count). The lowest BCUT2D eigenvalue weighted by molar-refractivity contribution is 0.193. The Morgan fingerprint density at radius 1 is 1.20 bits per heavy atom. The maximum absolute atomic E-state index is 13.2. The molecule has 0 aliphatic carbocycles. The van der Waals surface area contributed by atoms with Crippen molar-refractivity contribution in [2.45, 2.75) is 25.3 Å². The number of fused-ring (bicyclic) bond motifs is 1. The molecule has 2 aromatic heterocycles. The number of rotatable bonds is 4. The van der Waals surface area contributed by atoms with Crippen LogP contribution in [0, 0.1) is 17.1 Å². The van der Waals surface area contributed by atoms with Gasteiger partial charge in [-0.2, -0.15) is 5.26 Å². The topological polar surface area (TPSA) is 133 Å². The lowest BCUT2D eigenvalue weighted by Crippen LogP contribution is -2.41. The van der Waals surface area contributed by atoms with Crippen molar-refractivity contribution < 1.29 is 9.18 Å². The van der Waals surface area contributed by atoms with E-state index in [2.05, 4.69) is 31.7 Å². The number of aromatic nitrogens is 5. The zero-order chi connectivity index (χ0) is 24.4. The zero-order valence-corrected chi connectivity index (χ0v) is 18.6. The highest BCUT2D eigenvalue weighted by Gasteiger charge is 2.26. The number of nitrogens with one attached hydrogen (secondary N) is 2. The van der Waals surface area contributed by atoms with Gasteiger partial charge in [0.05, 0.1) is 18.2 Å². The van der Waals surface area contributed by atoms with Gasteiger partial charge < -0.3 is 15.2 Å². The van der Waals surface area contributed by atoms with Gasteiger partial charge in [0, 0.05) is 24.7 Å². The summed E-state index contributed by atoms with van der Waals surface area (Å²) in [4.78, 5) is 34.5. The summed E-state index contributed by atoms with van der Waals surface area (Å²) in [7, 11) is 0. The molecule has 1 aliphatic heterocycles. The van der Waals surface area contributed by atoms with Crippen LogP contribution >= 0.6 is 0 Å². The minimum atomic E-state index is -0.368. The fourth-order valence-electron chi connectivity index (χ4n) is 4.17. The number of nitrogens with zero attached hydrogens (tertiary/aromatic N) is 6. The second-order valence-electron chi connectivity index (χ2n) is 8.38. The Labute approximate surface area is 199 Å². The summed E-state index contributed by atoms with van der Waals surface area (Å²) in [5.74, 6) is 0.170. The molecule has 10 nitrogen and oxygen atoms in total. The van der Waals surface area contributed by atoms with Crippen LogP contribution in [-0.2, 0) is 6.54 Å². The lowest BCUT2D eigenvalue weighted by atomic mass is 9.96. The molecular formula is C24H21FN8O2. The molecule has 35 heavy (non-hydrogen) atoms. The quantitative estimate of drug-likeness (QED) is 0.469. The molecule has 1 aliphatic rings. The van der Waals surface area contributed by atoms with E-state index in [0.29, 0.717) is 55.2 Å². The number of hydrogen-bond donors (Lipinski definition) is 2. The third-order valence-corrected chi connectivity index (χ3v) is 6.05. The Balaban J connectivity index is 1.29. The minimum Gasteiger partial charge on any atom is -0.324 e. The Bertz CT molecular complexity index is 1480. The molecule has 0 unspecified atom stereocenters. The van der Waals surface area contributed by atoms with Crippen LogP contribution in [0.3, 0.4) is 0 Å². The van der Waals surface area contributed by atoms with E-state index in [9.17, 15) is 14.0 Å². The molecule has 2 aromatic carbocycles. The number of likely N-dealkylation sites (tertiary alicyclic amines) is 1. The van der Waals surface area contributed by atoms with E-state index < -0.39 is 0 Å². The fourth-order valence-corrected chi connectivity index (χ4v) is 4.17. The van der Waals surface area contributed by atoms with Gasteiger partial charge >= 0.3 is 6.03 Å². The van der Waals surface area contributed by atoms with Gasteiger partial charge in [-0.25, -0.2) is 18.9 Å². The highest BCUT2D eigenvalue weighted by Crippen LogP contribution is 2.26. The molecule has 0 atom stereocenters. The third kappa shape index (κ3) is 4.72. The summed E-state index contributed by atoms with van der Waals surface area (Å²) in [5.41, 5.74) is 1.99. The van der Waals surface area contributed by atoms with Crippen LogP contribution in [0.5, 0.6) is 0 Å². The summed E-state index contributed by atoms with van der Waals surface area (Å²) >= 11 is 0. The number of amides is 2. The van der Waals surface area contributed by atoms with E-state index in [1.807, 2.05) is 0 Å². The maximum atomic E-state index is 13.2. The van der Waals surface area contributed by atoms with Gasteiger partial charge in [-0.15, -0.1) is 5.10 Å². The van der Waals surface area contributed by atoms with Crippen molar-refractivity contribution in [1.29, 1.82) is 5.26 Å². The summed E-state index contributed by atoms with van der Waals surface area (Å²) in [6.45, 7) is 1.28. The molecule has 0 radical (unpaired) electrons. The zero-order valence-electron chi connectivity index (χ0n) is 18.6. The fraction of sp³-hybridized carbons (Fsp3) is 0.250. The van der Waals surface area contributed by atoms with Crippen molar-refractivity contribution in [3.8, 4) is 6.07 Å². The molecule has 4 aromatic rings. The SMILES string of the molecule is N#Cc1cccc(NC(=O)N2CCC(c3nc4c(nnn4Cc4ccc(F)cc4)c(=O)[nH]3)CC2)c1. The van der Waals surface area contributed by atoms with Crippen LogP contribution in [0.1, 0.15) is 35.7 Å². The average molecular weight is 472 g/mol. The van der Waals surface area contributed by atoms with Gasteiger partial charge in [-0.05, 0) is 48.7 Å². The van der Waals surface area contributed by atoms with E-state index in [-0.39, 0.29) is 28.8 Å². The second kappa shape index (κ2) is 9.34. The number of carbonyl (C=O) groups is 1. The molecule has 1 saturated heterocycles. The first kappa shape index (κ1) is 22.2. The Morgan fingerprint density at radius 2 is 1.97 bits per heavy atom. The summed E-state index contributed by atoms with van der Waals surface area (Å²) < 4.78 is 14.7. The monoisotopic (exact) mass is 472 g/mol. The van der Waals surface area contributed by atoms with Gasteiger partial charge in [0.1, 0.15) is 11.6 Å². The van der Waals surface area contributed by atoms with Crippen molar-refractivity contribution in [2.24, 2.45) is 0 Å². The number of aromatic amines is 1. The van der Waals surface area contributed by atoms with Gasteiger partial charge in [-0.1, -0.05) is 23.4 Å². The number of anilines is 1. The summed E-state index contributed by atoms with van der Waals surface area (Å²) in [5, 5.41) is 19.9. The predicted molar refractivity (Wildman–Crippen MR) is 125 cm³/mol. The Kier molecular flexibility index (Phi) is 5.93. The van der Waals surface area contributed by atoms with E-state index in [1.165, 1.54) is 16.8 Å². The van der Waals surface area contributed by atoms with Crippen LogP contribution in [0.2, 0.25) is 0 Å². The third-order valence-electron chi connectivity index (χ3n) is 6.05. The van der Waals surface area contributed by atoms with E-state index >= 15 is 0 Å². The lowest BCUT2D eigenvalue weighted by Gasteiger charge is -2.31. The highest BCUT2D eigenvalue weighted by molar-refractivity contribution is 5.89. The second-order valence-corrected chi connectivity index (χ2v) is 8.38. The Morgan fingerprint density at radius 3 is 2.71 bits per heavy atom. The van der Waals surface area contributed by atoms with Gasteiger partial charge in [-0.3, -0.25) is 4.79 Å². The number of urea groups is 1. The first-order valence-corrected chi connectivity index (χ1v) is 11.1. The van der Waals surface area contributed by atoms with Gasteiger partial charge in [0.25, 0.3) is 5.56 Å². The molecule has 11 heteroatoms. The number of halogens is 1. The molecule has 1 fully saturated rings. The average Bonchev–Trinajstić information content (AvgIpc) is 3.28. The maximum Gasteiger partial charge on any atom is 0.321 e. The van der Waals surface area contributed by atoms with Crippen LogP contribution in [0.4, 0.5) is 14.9 Å². The van der Waals surface area contributed by atoms with Crippen molar-refractivity contribution in [3.63, 3.8) is 0 Å². The standard InChI is InChI=1S/C24H21FN8O2/c25-18-6-4-15(5-7-18)14-33-22-20(30-31-33)23(34)29-21(28-22)17-8-10-32(11-9-17)24(35)27-19-3-1-2-16(12-19)13-26/h1-7,12,17H,8-11,14H2,(H,27,35)(H,28,29,34). The first-order valence-electron chi connectivity index (χ1n) is 11.1. The number of nitriles is 1.